The van der Waals surface area contributed by atoms with Crippen LogP contribution in [0, 0.1) is 0 Å². The number of halogens is 1. The van der Waals surface area contributed by atoms with Crippen LogP contribution in [0.3, 0.4) is 0 Å². The number of anilines is 2. The van der Waals surface area contributed by atoms with Crippen LogP contribution < -0.4 is 11.5 Å². The predicted molar refractivity (Wildman–Crippen MR) is 93.9 cm³/mol. The van der Waals surface area contributed by atoms with Gasteiger partial charge in [-0.25, -0.2) is 4.98 Å². The molecule has 6 nitrogen and oxygen atoms in total. The number of aromatic nitrogens is 3. The zero-order valence-corrected chi connectivity index (χ0v) is 13.5. The zero-order valence-electron chi connectivity index (χ0n) is 12.7. The van der Waals surface area contributed by atoms with E-state index in [4.69, 9.17) is 23.1 Å². The van der Waals surface area contributed by atoms with Crippen LogP contribution in [0.2, 0.25) is 5.02 Å². The van der Waals surface area contributed by atoms with Crippen LogP contribution in [0.15, 0.2) is 24.3 Å². The first-order valence-corrected chi connectivity index (χ1v) is 7.97. The number of carbonyl (C=O) groups excluding carboxylic acids is 1. The Morgan fingerprint density at radius 1 is 0.958 bits per heavy atom. The highest BCUT2D eigenvalue weighted by Crippen LogP contribution is 2.38. The summed E-state index contributed by atoms with van der Waals surface area (Å²) in [5, 5.41) is 1.17. The van der Waals surface area contributed by atoms with Crippen molar-refractivity contribution in [3.05, 3.63) is 40.5 Å². The fourth-order valence-corrected chi connectivity index (χ4v) is 3.31. The molecule has 0 bridgehead atoms. The first-order chi connectivity index (χ1) is 11.5. The molecule has 1 aliphatic rings. The third-order valence-corrected chi connectivity index (χ3v) is 4.45. The van der Waals surface area contributed by atoms with Gasteiger partial charge >= 0.3 is 0 Å². The largest absolute Gasteiger partial charge is 0.383 e. The smallest absolute Gasteiger partial charge is 0.224 e. The van der Waals surface area contributed by atoms with Gasteiger partial charge in [0.1, 0.15) is 5.82 Å². The average Bonchev–Trinajstić information content (AvgIpc) is 2.54. The summed E-state index contributed by atoms with van der Waals surface area (Å²) >= 11 is 6.00. The summed E-state index contributed by atoms with van der Waals surface area (Å²) in [5.41, 5.74) is 15.1. The number of fused-ring (bicyclic) bond motifs is 2. The number of rotatable bonds is 1. The van der Waals surface area contributed by atoms with Crippen molar-refractivity contribution < 1.29 is 4.79 Å². The monoisotopic (exact) mass is 339 g/mol. The molecule has 3 aromatic rings. The van der Waals surface area contributed by atoms with Crippen molar-refractivity contribution in [2.75, 3.05) is 11.5 Å². The third kappa shape index (κ3) is 2.27. The van der Waals surface area contributed by atoms with E-state index >= 15 is 0 Å². The molecule has 0 amide bonds. The number of nitrogens with two attached hydrogens (primary N) is 2. The third-order valence-electron chi connectivity index (χ3n) is 4.19. The molecule has 0 spiro atoms. The maximum Gasteiger partial charge on any atom is 0.224 e. The minimum Gasteiger partial charge on any atom is -0.383 e. The number of hydrogen-bond donors (Lipinski definition) is 2. The Morgan fingerprint density at radius 3 is 2.46 bits per heavy atom. The molecule has 1 aliphatic carbocycles. The van der Waals surface area contributed by atoms with Crippen LogP contribution in [0.4, 0.5) is 11.8 Å². The summed E-state index contributed by atoms with van der Waals surface area (Å²) in [4.78, 5) is 25.4. The highest BCUT2D eigenvalue weighted by Gasteiger charge is 2.27. The lowest BCUT2D eigenvalue weighted by molar-refractivity contribution is 0.0972. The van der Waals surface area contributed by atoms with Gasteiger partial charge in [0.25, 0.3) is 0 Å². The molecule has 0 saturated heterocycles. The molecular formula is C17H14ClN5O. The standard InChI is InChI=1S/C17H14ClN5O/c18-9-6-4-8(5-7-9)12-13-10(2-1-3-11(13)24)21-16-14(12)15(19)22-17(20)23-16/h4-7H,1-3H2,(H4,19,20,21,22,23). The van der Waals surface area contributed by atoms with E-state index in [0.717, 1.165) is 24.1 Å². The fourth-order valence-electron chi connectivity index (χ4n) is 3.18. The molecule has 0 atom stereocenters. The summed E-state index contributed by atoms with van der Waals surface area (Å²) in [6, 6.07) is 7.26. The Kier molecular flexibility index (Phi) is 3.35. The molecular weight excluding hydrogens is 326 g/mol. The van der Waals surface area contributed by atoms with Crippen molar-refractivity contribution in [2.24, 2.45) is 0 Å². The van der Waals surface area contributed by atoms with Gasteiger partial charge in [0.05, 0.1) is 11.1 Å². The highest BCUT2D eigenvalue weighted by atomic mass is 35.5. The molecule has 7 heteroatoms. The minimum absolute atomic E-state index is 0.0619. The second kappa shape index (κ2) is 5.42. The molecule has 0 fully saturated rings. The maximum absolute atomic E-state index is 12.6. The van der Waals surface area contributed by atoms with E-state index in [1.807, 2.05) is 12.1 Å². The maximum atomic E-state index is 12.6. The van der Waals surface area contributed by atoms with Gasteiger partial charge in [-0.2, -0.15) is 9.97 Å². The first-order valence-electron chi connectivity index (χ1n) is 7.59. The molecule has 24 heavy (non-hydrogen) atoms. The fraction of sp³-hybridized carbons (Fsp3) is 0.176. The number of carbonyl (C=O) groups is 1. The van der Waals surface area contributed by atoms with Crippen LogP contribution in [-0.4, -0.2) is 20.7 Å². The summed E-state index contributed by atoms with van der Waals surface area (Å²) in [6.45, 7) is 0. The van der Waals surface area contributed by atoms with Crippen molar-refractivity contribution in [2.45, 2.75) is 19.3 Å². The van der Waals surface area contributed by atoms with Gasteiger partial charge in [-0.15, -0.1) is 0 Å². The first kappa shape index (κ1) is 14.8. The summed E-state index contributed by atoms with van der Waals surface area (Å²) in [6.07, 6.45) is 2.00. The summed E-state index contributed by atoms with van der Waals surface area (Å²) in [5.74, 6) is 0.347. The number of ketones is 1. The van der Waals surface area contributed by atoms with Crippen LogP contribution in [-0.2, 0) is 6.42 Å². The Bertz CT molecular complexity index is 985. The average molecular weight is 340 g/mol. The Balaban J connectivity index is 2.17. The number of nitrogens with zero attached hydrogens (tertiary/aromatic N) is 3. The number of pyridine rings is 1. The van der Waals surface area contributed by atoms with E-state index in [0.29, 0.717) is 33.6 Å². The minimum atomic E-state index is 0.0619. The van der Waals surface area contributed by atoms with Crippen LogP contribution in [0.5, 0.6) is 0 Å². The van der Waals surface area contributed by atoms with E-state index in [-0.39, 0.29) is 17.5 Å². The lowest BCUT2D eigenvalue weighted by atomic mass is 9.86. The predicted octanol–water partition coefficient (Wildman–Crippen LogP) is 3.03. The van der Waals surface area contributed by atoms with Crippen molar-refractivity contribution in [3.63, 3.8) is 0 Å². The van der Waals surface area contributed by atoms with E-state index in [9.17, 15) is 4.79 Å². The van der Waals surface area contributed by atoms with E-state index < -0.39 is 0 Å². The normalized spacial score (nSPS) is 14.0. The van der Waals surface area contributed by atoms with Crippen molar-refractivity contribution in [1.82, 2.24) is 15.0 Å². The molecule has 2 heterocycles. The van der Waals surface area contributed by atoms with Gasteiger partial charge in [-0.1, -0.05) is 23.7 Å². The lowest BCUT2D eigenvalue weighted by Crippen LogP contribution is -2.16. The van der Waals surface area contributed by atoms with Crippen LogP contribution >= 0.6 is 11.6 Å². The van der Waals surface area contributed by atoms with Gasteiger partial charge in [0.15, 0.2) is 11.4 Å². The molecule has 4 N–H and O–H groups in total. The summed E-state index contributed by atoms with van der Waals surface area (Å²) in [7, 11) is 0. The number of hydrogen-bond acceptors (Lipinski definition) is 6. The van der Waals surface area contributed by atoms with Gasteiger partial charge in [-0.3, -0.25) is 4.79 Å². The summed E-state index contributed by atoms with van der Waals surface area (Å²) < 4.78 is 0. The van der Waals surface area contributed by atoms with Gasteiger partial charge < -0.3 is 11.5 Å². The van der Waals surface area contributed by atoms with Crippen molar-refractivity contribution in [3.8, 4) is 11.1 Å². The Hall–Kier alpha value is -2.73. The number of nitrogen functional groups attached to an aromatic ring is 2. The van der Waals surface area contributed by atoms with Crippen molar-refractivity contribution in [1.29, 1.82) is 0 Å². The number of Topliss-reactive ketones (excluding diaryl/α,β-unsaturated/α-hetero) is 1. The van der Waals surface area contributed by atoms with Crippen molar-refractivity contribution >= 4 is 40.2 Å². The zero-order chi connectivity index (χ0) is 16.8. The number of aryl methyl sites for hydroxylation is 1. The van der Waals surface area contributed by atoms with E-state index in [1.54, 1.807) is 12.1 Å². The highest BCUT2D eigenvalue weighted by molar-refractivity contribution is 6.30. The van der Waals surface area contributed by atoms with Gasteiger partial charge in [-0.05, 0) is 30.5 Å². The molecule has 0 radical (unpaired) electrons. The SMILES string of the molecule is Nc1nc(N)c2c(-c3ccc(Cl)cc3)c3c(nc2n1)CCCC3=O. The van der Waals surface area contributed by atoms with E-state index in [2.05, 4.69) is 15.0 Å². The molecule has 120 valence electrons. The second-order valence-electron chi connectivity index (χ2n) is 5.76. The molecule has 0 aliphatic heterocycles. The number of benzene rings is 1. The Morgan fingerprint density at radius 2 is 1.71 bits per heavy atom. The molecule has 0 saturated carbocycles. The van der Waals surface area contributed by atoms with Gasteiger partial charge in [0.2, 0.25) is 5.95 Å². The Labute approximate surface area is 142 Å². The lowest BCUT2D eigenvalue weighted by Gasteiger charge is -2.20. The van der Waals surface area contributed by atoms with Gasteiger partial charge in [0, 0.05) is 22.6 Å². The molecule has 2 aromatic heterocycles. The van der Waals surface area contributed by atoms with E-state index in [1.165, 1.54) is 0 Å². The second-order valence-corrected chi connectivity index (χ2v) is 6.19. The quantitative estimate of drug-likeness (QED) is 0.705. The topological polar surface area (TPSA) is 108 Å². The molecule has 1 aromatic carbocycles. The molecule has 0 unspecified atom stereocenters. The van der Waals surface area contributed by atoms with Crippen LogP contribution in [0.25, 0.3) is 22.2 Å². The van der Waals surface area contributed by atoms with Crippen LogP contribution in [0.1, 0.15) is 28.9 Å². The molecule has 4 rings (SSSR count).